The van der Waals surface area contributed by atoms with Crippen molar-refractivity contribution in [2.75, 3.05) is 59.5 Å². The van der Waals surface area contributed by atoms with E-state index < -0.39 is 0 Å². The zero-order chi connectivity index (χ0) is 28.1. The van der Waals surface area contributed by atoms with Crippen molar-refractivity contribution in [2.24, 2.45) is 0 Å². The van der Waals surface area contributed by atoms with Crippen LogP contribution in [-0.2, 0) is 37.9 Å². The number of ether oxygens (including phenoxy) is 8. The number of rotatable bonds is 26. The number of hydrogen-bond donors (Lipinski definition) is 1. The van der Waals surface area contributed by atoms with Crippen molar-refractivity contribution in [3.63, 3.8) is 0 Å². The van der Waals surface area contributed by atoms with Gasteiger partial charge in [-0.3, -0.25) is 0 Å². The molecule has 0 saturated heterocycles. The lowest BCUT2D eigenvalue weighted by atomic mass is 10.3. The summed E-state index contributed by atoms with van der Waals surface area (Å²) in [6.07, 6.45) is 1.86. The predicted octanol–water partition coefficient (Wildman–Crippen LogP) is 4.02. The highest BCUT2D eigenvalue weighted by atomic mass is 16.6. The lowest BCUT2D eigenvalue weighted by Gasteiger charge is -2.23. The Kier molecular flexibility index (Phi) is 23.3. The van der Waals surface area contributed by atoms with E-state index in [1.165, 1.54) is 0 Å². The summed E-state index contributed by atoms with van der Waals surface area (Å²) in [6.45, 7) is 22.1. The van der Waals surface area contributed by atoms with Crippen LogP contribution in [0.5, 0.6) is 0 Å². The average Bonchev–Trinajstić information content (AvgIpc) is 2.88. The van der Waals surface area contributed by atoms with E-state index in [0.717, 1.165) is 19.4 Å². The van der Waals surface area contributed by atoms with Gasteiger partial charge in [0.05, 0.1) is 102 Å². The minimum Gasteiger partial charge on any atom is -0.394 e. The van der Waals surface area contributed by atoms with Crippen molar-refractivity contribution in [3.8, 4) is 0 Å². The number of aliphatic hydroxyl groups is 1. The van der Waals surface area contributed by atoms with Crippen molar-refractivity contribution in [1.82, 2.24) is 0 Å². The highest BCUT2D eigenvalue weighted by molar-refractivity contribution is 4.59. The summed E-state index contributed by atoms with van der Waals surface area (Å²) >= 11 is 0. The molecule has 0 fully saturated rings. The normalized spacial score (nSPS) is 18.6. The van der Waals surface area contributed by atoms with Gasteiger partial charge in [0.2, 0.25) is 0 Å². The Bertz CT molecular complexity index is 496. The summed E-state index contributed by atoms with van der Waals surface area (Å²) < 4.78 is 46.2. The molecule has 0 aliphatic carbocycles. The highest BCUT2D eigenvalue weighted by Crippen LogP contribution is 2.05. The number of unbranched alkanes of at least 4 members (excludes halogenated alkanes) is 1. The molecular formula is C28H58O9. The topological polar surface area (TPSA) is 94.1 Å². The lowest BCUT2D eigenvalue weighted by molar-refractivity contribution is -0.109. The molecular weight excluding hydrogens is 480 g/mol. The zero-order valence-electron chi connectivity index (χ0n) is 25.1. The Hall–Kier alpha value is -0.360. The molecule has 9 nitrogen and oxygen atoms in total. The van der Waals surface area contributed by atoms with Crippen LogP contribution in [0.25, 0.3) is 0 Å². The second-order valence-corrected chi connectivity index (χ2v) is 10.2. The Balaban J connectivity index is 3.83. The first-order valence-corrected chi connectivity index (χ1v) is 14.1. The molecule has 0 bridgehead atoms. The molecule has 0 aromatic heterocycles. The minimum atomic E-state index is -0.183. The van der Waals surface area contributed by atoms with Gasteiger partial charge in [-0.2, -0.15) is 0 Å². The van der Waals surface area contributed by atoms with Crippen LogP contribution in [0.1, 0.15) is 75.2 Å². The number of hydrogen-bond acceptors (Lipinski definition) is 9. The van der Waals surface area contributed by atoms with Gasteiger partial charge in [0.15, 0.2) is 0 Å². The predicted molar refractivity (Wildman–Crippen MR) is 145 cm³/mol. The van der Waals surface area contributed by atoms with E-state index in [4.69, 9.17) is 43.0 Å². The largest absolute Gasteiger partial charge is 0.394 e. The number of aliphatic hydroxyl groups excluding tert-OH is 1. The molecule has 0 radical (unpaired) electrons. The van der Waals surface area contributed by atoms with Crippen LogP contribution in [0.4, 0.5) is 0 Å². The van der Waals surface area contributed by atoms with Gasteiger partial charge in [-0.15, -0.1) is 0 Å². The third-order valence-corrected chi connectivity index (χ3v) is 5.47. The molecule has 1 N–H and O–H groups in total. The van der Waals surface area contributed by atoms with Gasteiger partial charge < -0.3 is 43.0 Å². The van der Waals surface area contributed by atoms with Crippen LogP contribution >= 0.6 is 0 Å². The maximum atomic E-state index is 9.00. The highest BCUT2D eigenvalue weighted by Gasteiger charge is 2.14. The van der Waals surface area contributed by atoms with Crippen LogP contribution in [0.2, 0.25) is 0 Å². The quantitative estimate of drug-likeness (QED) is 0.164. The monoisotopic (exact) mass is 538 g/mol. The molecule has 0 spiro atoms. The summed E-state index contributed by atoms with van der Waals surface area (Å²) in [5.41, 5.74) is 0. The van der Waals surface area contributed by atoms with E-state index in [9.17, 15) is 0 Å². The zero-order valence-corrected chi connectivity index (χ0v) is 25.1. The first-order chi connectivity index (χ1) is 17.6. The van der Waals surface area contributed by atoms with E-state index in [1.807, 2.05) is 55.4 Å². The SMILES string of the molecule is CCCCOC(C)COC(C)COC(C)COC(C)COC(C)COC(C)COC(C)COC(C)CO. The Morgan fingerprint density at radius 1 is 0.405 bits per heavy atom. The molecule has 8 atom stereocenters. The van der Waals surface area contributed by atoms with Crippen LogP contribution in [-0.4, -0.2) is 113 Å². The van der Waals surface area contributed by atoms with E-state index in [1.54, 1.807) is 0 Å². The summed E-state index contributed by atoms with van der Waals surface area (Å²) in [5.74, 6) is 0. The van der Waals surface area contributed by atoms with Gasteiger partial charge in [-0.25, -0.2) is 0 Å². The first-order valence-electron chi connectivity index (χ1n) is 14.1. The van der Waals surface area contributed by atoms with Gasteiger partial charge in [0.25, 0.3) is 0 Å². The van der Waals surface area contributed by atoms with Gasteiger partial charge in [-0.05, 0) is 61.8 Å². The molecule has 0 saturated carbocycles. The van der Waals surface area contributed by atoms with E-state index >= 15 is 0 Å². The molecule has 0 aromatic carbocycles. The van der Waals surface area contributed by atoms with Crippen molar-refractivity contribution in [1.29, 1.82) is 0 Å². The molecule has 0 amide bonds. The average molecular weight is 539 g/mol. The molecule has 37 heavy (non-hydrogen) atoms. The molecule has 0 rings (SSSR count). The summed E-state index contributed by atoms with van der Waals surface area (Å²) in [7, 11) is 0. The van der Waals surface area contributed by atoms with Gasteiger partial charge >= 0.3 is 0 Å². The standard InChI is InChI=1S/C28H58O9/c1-10-11-12-30-22(3)14-32-24(5)16-34-26(7)18-36-28(9)20-37-27(8)19-35-25(6)17-33-23(4)15-31-21(2)13-29/h21-29H,10-20H2,1-9H3. The molecule has 9 heteroatoms. The molecule has 0 aliphatic rings. The second-order valence-electron chi connectivity index (χ2n) is 10.2. The molecule has 0 heterocycles. The van der Waals surface area contributed by atoms with Crippen LogP contribution in [0.15, 0.2) is 0 Å². The van der Waals surface area contributed by atoms with Gasteiger partial charge in [0, 0.05) is 6.61 Å². The van der Waals surface area contributed by atoms with Gasteiger partial charge in [-0.1, -0.05) is 13.3 Å². The summed E-state index contributed by atoms with van der Waals surface area (Å²) in [4.78, 5) is 0. The lowest BCUT2D eigenvalue weighted by Crippen LogP contribution is -2.30. The molecule has 224 valence electrons. The van der Waals surface area contributed by atoms with E-state index in [-0.39, 0.29) is 55.4 Å². The van der Waals surface area contributed by atoms with E-state index in [0.29, 0.717) is 46.2 Å². The Morgan fingerprint density at radius 2 is 0.649 bits per heavy atom. The fourth-order valence-corrected chi connectivity index (χ4v) is 2.92. The maximum Gasteiger partial charge on any atom is 0.0781 e. The van der Waals surface area contributed by atoms with Crippen molar-refractivity contribution in [2.45, 2.75) is 124 Å². The first kappa shape index (κ1) is 36.6. The summed E-state index contributed by atoms with van der Waals surface area (Å²) in [5, 5.41) is 9.00. The molecule has 0 aliphatic heterocycles. The smallest absolute Gasteiger partial charge is 0.0781 e. The van der Waals surface area contributed by atoms with Crippen LogP contribution in [0, 0.1) is 0 Å². The third kappa shape index (κ3) is 23.3. The summed E-state index contributed by atoms with van der Waals surface area (Å²) in [6, 6.07) is 0. The fourth-order valence-electron chi connectivity index (χ4n) is 2.92. The van der Waals surface area contributed by atoms with Crippen molar-refractivity contribution in [3.05, 3.63) is 0 Å². The van der Waals surface area contributed by atoms with Crippen molar-refractivity contribution < 1.29 is 43.0 Å². The van der Waals surface area contributed by atoms with Gasteiger partial charge in [0.1, 0.15) is 0 Å². The maximum absolute atomic E-state index is 9.00. The van der Waals surface area contributed by atoms with E-state index in [2.05, 4.69) is 6.92 Å². The molecule has 8 unspecified atom stereocenters. The Labute approximate surface area is 226 Å². The van der Waals surface area contributed by atoms with Crippen LogP contribution < -0.4 is 0 Å². The Morgan fingerprint density at radius 3 is 0.892 bits per heavy atom. The fraction of sp³-hybridized carbons (Fsp3) is 1.00. The second kappa shape index (κ2) is 23.5. The minimum absolute atomic E-state index is 0.000536. The third-order valence-electron chi connectivity index (χ3n) is 5.47. The molecule has 0 aromatic rings. The van der Waals surface area contributed by atoms with Crippen molar-refractivity contribution >= 4 is 0 Å². The van der Waals surface area contributed by atoms with Crippen LogP contribution in [0.3, 0.4) is 0 Å².